The highest BCUT2D eigenvalue weighted by Crippen LogP contribution is 2.14. The molecule has 1 unspecified atom stereocenters. The lowest BCUT2D eigenvalue weighted by Crippen LogP contribution is -2.42. The number of hydrogen-bond acceptors (Lipinski definition) is 3. The summed E-state index contributed by atoms with van der Waals surface area (Å²) < 4.78 is 21.1. The molecule has 1 rings (SSSR count). The molecule has 5 nitrogen and oxygen atoms in total. The van der Waals surface area contributed by atoms with Gasteiger partial charge in [-0.2, -0.15) is 4.57 Å². The average Bonchev–Trinajstić information content (AvgIpc) is 2.36. The van der Waals surface area contributed by atoms with E-state index in [1.165, 1.54) is 6.20 Å². The number of pyridine rings is 1. The molecule has 1 aromatic rings. The number of ether oxygens (including phenoxy) is 1. The van der Waals surface area contributed by atoms with Gasteiger partial charge in [-0.05, 0) is 0 Å². The zero-order chi connectivity index (χ0) is 14.6. The normalized spacial score (nSPS) is 14.5. The molecule has 0 aliphatic carbocycles. The van der Waals surface area contributed by atoms with E-state index in [0.29, 0.717) is 5.69 Å². The number of carboxylic acids is 1. The van der Waals surface area contributed by atoms with Crippen LogP contribution in [0.25, 0.3) is 0 Å². The van der Waals surface area contributed by atoms with Crippen molar-refractivity contribution < 1.29 is 26.7 Å². The fraction of sp³-hybridized carbons (Fsp3) is 0.417. The van der Waals surface area contributed by atoms with Gasteiger partial charge in [0, 0.05) is 12.1 Å². The summed E-state index contributed by atoms with van der Waals surface area (Å²) in [4.78, 5) is 22.2. The van der Waals surface area contributed by atoms with Crippen LogP contribution in [0.2, 0.25) is 0 Å². The highest BCUT2D eigenvalue weighted by molar-refractivity contribution is 5.68. The maximum Gasteiger partial charge on any atom is 0.372 e. The molecule has 0 saturated heterocycles. The molecule has 0 bridgehead atoms. The van der Waals surface area contributed by atoms with Crippen LogP contribution in [0.15, 0.2) is 24.4 Å². The third kappa shape index (κ3) is 3.86. The van der Waals surface area contributed by atoms with Gasteiger partial charge in [-0.1, -0.05) is 13.0 Å². The van der Waals surface area contributed by atoms with Crippen LogP contribution >= 0.6 is 0 Å². The van der Waals surface area contributed by atoms with Gasteiger partial charge in [0.15, 0.2) is 11.9 Å². The SMILES string of the molecule is [2H]C([2H])(C(=O)OC)[n+]1ccccc1C(C)CC(=O)O. The minimum absolute atomic E-state index is 0.152. The minimum Gasteiger partial charge on any atom is -0.481 e. The Morgan fingerprint density at radius 2 is 2.29 bits per heavy atom. The summed E-state index contributed by atoms with van der Waals surface area (Å²) in [6, 6.07) is 4.82. The van der Waals surface area contributed by atoms with Crippen molar-refractivity contribution in [3.63, 3.8) is 0 Å². The Morgan fingerprint density at radius 1 is 1.59 bits per heavy atom. The largest absolute Gasteiger partial charge is 0.481 e. The number of carbonyl (C=O) groups is 2. The molecule has 1 heterocycles. The average molecular weight is 240 g/mol. The first-order valence-electron chi connectivity index (χ1n) is 6.12. The van der Waals surface area contributed by atoms with Crippen molar-refractivity contribution in [1.82, 2.24) is 0 Å². The number of methoxy groups -OCH3 is 1. The second-order valence-corrected chi connectivity index (χ2v) is 3.60. The van der Waals surface area contributed by atoms with Crippen molar-refractivity contribution in [3.05, 3.63) is 30.1 Å². The van der Waals surface area contributed by atoms with Crippen molar-refractivity contribution in [1.29, 1.82) is 0 Å². The van der Waals surface area contributed by atoms with Crippen LogP contribution in [0.5, 0.6) is 0 Å². The second kappa shape index (κ2) is 5.98. The fourth-order valence-electron chi connectivity index (χ4n) is 1.47. The number of aliphatic carboxylic acids is 1. The number of rotatable bonds is 5. The number of esters is 1. The van der Waals surface area contributed by atoms with Crippen LogP contribution in [0.1, 0.15) is 27.7 Å². The topological polar surface area (TPSA) is 67.5 Å². The van der Waals surface area contributed by atoms with Crippen LogP contribution in [0, 0.1) is 0 Å². The van der Waals surface area contributed by atoms with Crippen molar-refractivity contribution in [3.8, 4) is 0 Å². The molecular weight excluding hydrogens is 222 g/mol. The molecule has 0 aromatic carbocycles. The van der Waals surface area contributed by atoms with Crippen LogP contribution in [-0.2, 0) is 20.8 Å². The van der Waals surface area contributed by atoms with Crippen molar-refractivity contribution >= 4 is 11.9 Å². The predicted molar refractivity (Wildman–Crippen MR) is 59.3 cm³/mol. The molecule has 0 aliphatic heterocycles. The maximum atomic E-state index is 11.5. The van der Waals surface area contributed by atoms with E-state index < -0.39 is 24.4 Å². The summed E-state index contributed by atoms with van der Waals surface area (Å²) >= 11 is 0. The Bertz CT molecular complexity index is 490. The molecule has 5 heteroatoms. The molecule has 1 aromatic heterocycles. The first-order chi connectivity index (χ1) is 8.80. The lowest BCUT2D eigenvalue weighted by molar-refractivity contribution is -0.694. The summed E-state index contributed by atoms with van der Waals surface area (Å²) in [5.41, 5.74) is 0.417. The third-order valence-electron chi connectivity index (χ3n) is 2.27. The Labute approximate surface area is 102 Å². The first kappa shape index (κ1) is 10.3. The first-order valence-corrected chi connectivity index (χ1v) is 5.12. The van der Waals surface area contributed by atoms with Crippen LogP contribution < -0.4 is 4.57 Å². The predicted octanol–water partition coefficient (Wildman–Crippen LogP) is 0.725. The summed E-state index contributed by atoms with van der Waals surface area (Å²) in [7, 11) is 1.10. The van der Waals surface area contributed by atoms with Gasteiger partial charge in [-0.3, -0.25) is 4.79 Å². The zero-order valence-electron chi connectivity index (χ0n) is 11.7. The molecule has 1 N–H and O–H groups in total. The van der Waals surface area contributed by atoms with Gasteiger partial charge < -0.3 is 9.84 Å². The van der Waals surface area contributed by atoms with Crippen LogP contribution in [-0.4, -0.2) is 24.2 Å². The molecule has 0 radical (unpaired) electrons. The number of nitrogens with zero attached hydrogens (tertiary/aromatic N) is 1. The number of aromatic nitrogens is 1. The third-order valence-corrected chi connectivity index (χ3v) is 2.27. The van der Waals surface area contributed by atoms with Gasteiger partial charge in [0.25, 0.3) is 0 Å². The van der Waals surface area contributed by atoms with E-state index in [1.54, 1.807) is 25.1 Å². The number of carbonyl (C=O) groups excluding carboxylic acids is 1. The molecule has 0 fully saturated rings. The van der Waals surface area contributed by atoms with Gasteiger partial charge in [0.05, 0.1) is 19.4 Å². The van der Waals surface area contributed by atoms with Gasteiger partial charge in [0.2, 0.25) is 6.50 Å². The van der Waals surface area contributed by atoms with E-state index in [-0.39, 0.29) is 6.42 Å². The number of hydrogen-bond donors (Lipinski definition) is 1. The van der Waals surface area contributed by atoms with Gasteiger partial charge in [-0.25, -0.2) is 4.79 Å². The second-order valence-electron chi connectivity index (χ2n) is 3.60. The summed E-state index contributed by atoms with van der Waals surface area (Å²) in [6.07, 6.45) is 1.24. The quantitative estimate of drug-likeness (QED) is 0.608. The van der Waals surface area contributed by atoms with E-state index in [0.717, 1.165) is 11.7 Å². The standard InChI is InChI=1S/C12H15NO4/c1-9(7-11(14)15)10-5-3-4-6-13(10)8-12(16)17-2/h3-6,9H,7-8H2,1-2H3/p+1/i8D2. The molecule has 0 aliphatic rings. The minimum atomic E-state index is -2.38. The van der Waals surface area contributed by atoms with Gasteiger partial charge in [-0.15, -0.1) is 0 Å². The Hall–Kier alpha value is -1.91. The molecule has 1 atom stereocenters. The van der Waals surface area contributed by atoms with Crippen molar-refractivity contribution in [2.24, 2.45) is 0 Å². The fourth-order valence-corrected chi connectivity index (χ4v) is 1.47. The lowest BCUT2D eigenvalue weighted by Gasteiger charge is -2.08. The molecule has 0 spiro atoms. The summed E-state index contributed by atoms with van der Waals surface area (Å²) in [5, 5.41) is 8.80. The van der Waals surface area contributed by atoms with Crippen LogP contribution in [0.3, 0.4) is 0 Å². The van der Waals surface area contributed by atoms with E-state index in [9.17, 15) is 9.59 Å². The smallest absolute Gasteiger partial charge is 0.372 e. The Kier molecular flexibility index (Phi) is 3.61. The monoisotopic (exact) mass is 240 g/mol. The molecular formula is C12H16NO4+. The van der Waals surface area contributed by atoms with Crippen LogP contribution in [0.4, 0.5) is 0 Å². The summed E-state index contributed by atoms with van der Waals surface area (Å²) in [5.74, 6) is -2.45. The molecule has 92 valence electrons. The summed E-state index contributed by atoms with van der Waals surface area (Å²) in [6.45, 7) is -0.717. The zero-order valence-corrected chi connectivity index (χ0v) is 9.71. The highest BCUT2D eigenvalue weighted by atomic mass is 16.5. The Balaban J connectivity index is 3.22. The van der Waals surface area contributed by atoms with E-state index >= 15 is 0 Å². The van der Waals surface area contributed by atoms with Gasteiger partial charge >= 0.3 is 11.9 Å². The number of carboxylic acid groups (broad SMARTS) is 1. The van der Waals surface area contributed by atoms with E-state index in [2.05, 4.69) is 4.74 Å². The van der Waals surface area contributed by atoms with Crippen molar-refractivity contribution in [2.75, 3.05) is 7.11 Å². The lowest BCUT2D eigenvalue weighted by atomic mass is 10.0. The highest BCUT2D eigenvalue weighted by Gasteiger charge is 2.21. The maximum absolute atomic E-state index is 11.5. The van der Waals surface area contributed by atoms with E-state index in [4.69, 9.17) is 7.85 Å². The molecule has 0 saturated carbocycles. The van der Waals surface area contributed by atoms with Gasteiger partial charge in [0.1, 0.15) is 2.74 Å². The van der Waals surface area contributed by atoms with Crippen molar-refractivity contribution in [2.45, 2.75) is 25.8 Å². The Morgan fingerprint density at radius 3 is 2.88 bits per heavy atom. The van der Waals surface area contributed by atoms with E-state index in [1.807, 2.05) is 0 Å². The molecule has 0 amide bonds. The molecule has 17 heavy (non-hydrogen) atoms.